The van der Waals surface area contributed by atoms with Gasteiger partial charge in [0.15, 0.2) is 0 Å². The molecule has 0 spiro atoms. The third-order valence-electron chi connectivity index (χ3n) is 3.90. The molecule has 2 aromatic carbocycles. The molecule has 0 unspecified atom stereocenters. The fourth-order valence-corrected chi connectivity index (χ4v) is 4.21. The first-order valence-corrected chi connectivity index (χ1v) is 11.2. The van der Waals surface area contributed by atoms with E-state index >= 15 is 0 Å². The van der Waals surface area contributed by atoms with Crippen molar-refractivity contribution in [2.45, 2.75) is 17.2 Å². The van der Waals surface area contributed by atoms with E-state index in [1.807, 2.05) is 0 Å². The van der Waals surface area contributed by atoms with Crippen molar-refractivity contribution in [3.05, 3.63) is 66.0 Å². The summed E-state index contributed by atoms with van der Waals surface area (Å²) in [6, 6.07) is 12.9. The second-order valence-electron chi connectivity index (χ2n) is 5.86. The Labute approximate surface area is 162 Å². The molecule has 0 atom stereocenters. The fraction of sp³-hybridized carbons (Fsp3) is 0.188. The van der Waals surface area contributed by atoms with Gasteiger partial charge in [-0.3, -0.25) is 0 Å². The monoisotopic (exact) mass is 422 g/mol. The van der Waals surface area contributed by atoms with E-state index in [0.29, 0.717) is 16.8 Å². The summed E-state index contributed by atoms with van der Waals surface area (Å²) in [5.74, 6) is -0.139. The fourth-order valence-electron chi connectivity index (χ4n) is 2.38. The molecule has 12 heteroatoms. The summed E-state index contributed by atoms with van der Waals surface area (Å²) >= 11 is 0. The van der Waals surface area contributed by atoms with Crippen LogP contribution in [0, 0.1) is 0 Å². The summed E-state index contributed by atoms with van der Waals surface area (Å²) < 4.78 is 54.4. The normalized spacial score (nSPS) is 12.2. The minimum Gasteiger partial charge on any atom is -0.218 e. The topological polar surface area (TPSA) is 136 Å². The van der Waals surface area contributed by atoms with Gasteiger partial charge in [-0.2, -0.15) is 0 Å². The number of tetrazole rings is 1. The van der Waals surface area contributed by atoms with Gasteiger partial charge in [0.2, 0.25) is 20.0 Å². The second kappa shape index (κ2) is 8.14. The highest BCUT2D eigenvalue weighted by Crippen LogP contribution is 2.15. The molecule has 0 radical (unpaired) electrons. The van der Waals surface area contributed by atoms with Crippen LogP contribution in [0.1, 0.15) is 11.1 Å². The van der Waals surface area contributed by atoms with Crippen molar-refractivity contribution < 1.29 is 16.8 Å². The zero-order valence-corrected chi connectivity index (χ0v) is 16.5. The first-order valence-electron chi connectivity index (χ1n) is 8.11. The summed E-state index contributed by atoms with van der Waals surface area (Å²) in [6.07, 6.45) is 1.37. The quantitative estimate of drug-likeness (QED) is 0.529. The molecule has 2 N–H and O–H groups in total. The number of aromatic nitrogens is 4. The first-order chi connectivity index (χ1) is 13.3. The molecule has 1 heterocycles. The van der Waals surface area contributed by atoms with Crippen molar-refractivity contribution in [1.82, 2.24) is 29.7 Å². The Morgan fingerprint density at radius 1 is 1.00 bits per heavy atom. The number of hydrogen-bond acceptors (Lipinski definition) is 7. The summed E-state index contributed by atoms with van der Waals surface area (Å²) in [5, 5.41) is 10.8. The van der Waals surface area contributed by atoms with E-state index in [1.165, 1.54) is 30.2 Å². The summed E-state index contributed by atoms with van der Waals surface area (Å²) in [7, 11) is -5.76. The SMILES string of the molecule is CNS(=O)(=O)Cc1ccc(CNS(=O)(=O)c2cccc(-n3cnnn3)c2)cc1. The van der Waals surface area contributed by atoms with Gasteiger partial charge in [0.1, 0.15) is 6.33 Å². The Kier molecular flexibility index (Phi) is 5.84. The Morgan fingerprint density at radius 2 is 1.71 bits per heavy atom. The lowest BCUT2D eigenvalue weighted by molar-refractivity contribution is 0.581. The lowest BCUT2D eigenvalue weighted by Gasteiger charge is -2.09. The number of rotatable bonds is 8. The van der Waals surface area contributed by atoms with Crippen molar-refractivity contribution in [1.29, 1.82) is 0 Å². The highest BCUT2D eigenvalue weighted by Gasteiger charge is 2.15. The predicted molar refractivity (Wildman–Crippen MR) is 101 cm³/mol. The summed E-state index contributed by atoms with van der Waals surface area (Å²) in [4.78, 5) is 0.0808. The van der Waals surface area contributed by atoms with Crippen LogP contribution in [-0.4, -0.2) is 44.1 Å². The molecule has 1 aromatic heterocycles. The van der Waals surface area contributed by atoms with Gasteiger partial charge in [-0.15, -0.1) is 5.10 Å². The van der Waals surface area contributed by atoms with Gasteiger partial charge in [0, 0.05) is 6.54 Å². The molecule has 0 aliphatic carbocycles. The molecule has 0 aliphatic rings. The lowest BCUT2D eigenvalue weighted by atomic mass is 10.1. The standard InChI is InChI=1S/C16H18N6O4S2/c1-17-27(23,24)11-14-7-5-13(6-8-14)10-19-28(25,26)16-4-2-3-15(9-16)22-12-18-20-21-22/h2-9,12,17,19H,10-11H2,1H3. The van der Waals surface area contributed by atoms with E-state index in [1.54, 1.807) is 36.4 Å². The van der Waals surface area contributed by atoms with Gasteiger partial charge >= 0.3 is 0 Å². The van der Waals surface area contributed by atoms with Crippen molar-refractivity contribution >= 4 is 20.0 Å². The van der Waals surface area contributed by atoms with Crippen LogP contribution >= 0.6 is 0 Å². The largest absolute Gasteiger partial charge is 0.240 e. The molecule has 0 aliphatic heterocycles. The summed E-state index contributed by atoms with van der Waals surface area (Å²) in [6.45, 7) is 0.0660. The van der Waals surface area contributed by atoms with E-state index in [2.05, 4.69) is 25.0 Å². The highest BCUT2D eigenvalue weighted by atomic mass is 32.2. The molecule has 28 heavy (non-hydrogen) atoms. The Balaban J connectivity index is 1.69. The average Bonchev–Trinajstić information content (AvgIpc) is 3.22. The molecule has 0 saturated heterocycles. The van der Waals surface area contributed by atoms with Crippen molar-refractivity contribution in [3.63, 3.8) is 0 Å². The van der Waals surface area contributed by atoms with Crippen LogP contribution in [0.3, 0.4) is 0 Å². The van der Waals surface area contributed by atoms with Crippen LogP contribution in [0.4, 0.5) is 0 Å². The molecule has 3 aromatic rings. The van der Waals surface area contributed by atoms with Crippen LogP contribution in [0.25, 0.3) is 5.69 Å². The molecule has 0 amide bonds. The molecule has 3 rings (SSSR count). The number of nitrogens with zero attached hydrogens (tertiary/aromatic N) is 4. The Hall–Kier alpha value is -2.67. The highest BCUT2D eigenvalue weighted by molar-refractivity contribution is 7.89. The number of benzene rings is 2. The van der Waals surface area contributed by atoms with Crippen LogP contribution in [0.2, 0.25) is 0 Å². The molecular weight excluding hydrogens is 404 g/mol. The van der Waals surface area contributed by atoms with E-state index in [9.17, 15) is 16.8 Å². The third-order valence-corrected chi connectivity index (χ3v) is 6.63. The first kappa shape index (κ1) is 20.1. The van der Waals surface area contributed by atoms with Crippen LogP contribution in [0.15, 0.2) is 59.8 Å². The van der Waals surface area contributed by atoms with Gasteiger partial charge in [0.05, 0.1) is 16.3 Å². The molecule has 0 saturated carbocycles. The van der Waals surface area contributed by atoms with Crippen LogP contribution in [-0.2, 0) is 32.3 Å². The van der Waals surface area contributed by atoms with Gasteiger partial charge in [-0.25, -0.2) is 31.0 Å². The minimum atomic E-state index is -3.75. The van der Waals surface area contributed by atoms with E-state index in [4.69, 9.17) is 0 Å². The molecule has 0 bridgehead atoms. The zero-order chi connectivity index (χ0) is 20.2. The second-order valence-corrected chi connectivity index (χ2v) is 9.55. The van der Waals surface area contributed by atoms with Gasteiger partial charge in [-0.1, -0.05) is 30.3 Å². The Morgan fingerprint density at radius 3 is 2.36 bits per heavy atom. The van der Waals surface area contributed by atoms with Crippen LogP contribution < -0.4 is 9.44 Å². The van der Waals surface area contributed by atoms with E-state index in [0.717, 1.165) is 0 Å². The van der Waals surface area contributed by atoms with Gasteiger partial charge in [0.25, 0.3) is 0 Å². The van der Waals surface area contributed by atoms with Crippen molar-refractivity contribution in [2.75, 3.05) is 7.05 Å². The zero-order valence-electron chi connectivity index (χ0n) is 14.8. The minimum absolute atomic E-state index is 0.0660. The van der Waals surface area contributed by atoms with E-state index < -0.39 is 20.0 Å². The molecule has 10 nitrogen and oxygen atoms in total. The lowest BCUT2D eigenvalue weighted by Crippen LogP contribution is -2.23. The summed E-state index contributed by atoms with van der Waals surface area (Å²) in [5.41, 5.74) is 1.82. The predicted octanol–water partition coefficient (Wildman–Crippen LogP) is 0.190. The van der Waals surface area contributed by atoms with Crippen molar-refractivity contribution in [2.24, 2.45) is 0 Å². The van der Waals surface area contributed by atoms with Crippen LogP contribution in [0.5, 0.6) is 0 Å². The Bertz CT molecular complexity index is 1140. The third kappa shape index (κ3) is 4.98. The number of nitrogens with one attached hydrogen (secondary N) is 2. The maximum atomic E-state index is 12.6. The maximum Gasteiger partial charge on any atom is 0.240 e. The van der Waals surface area contributed by atoms with Gasteiger partial charge < -0.3 is 0 Å². The molecule has 0 fully saturated rings. The smallest absolute Gasteiger partial charge is 0.218 e. The van der Waals surface area contributed by atoms with Crippen molar-refractivity contribution in [3.8, 4) is 5.69 Å². The molecule has 148 valence electrons. The average molecular weight is 422 g/mol. The van der Waals surface area contributed by atoms with E-state index in [-0.39, 0.29) is 17.2 Å². The number of hydrogen-bond donors (Lipinski definition) is 2. The maximum absolute atomic E-state index is 12.6. The molecular formula is C16H18N6O4S2. The number of sulfonamides is 2. The van der Waals surface area contributed by atoms with Gasteiger partial charge in [-0.05, 0) is 46.8 Å².